The molecular weight excluding hydrogens is 264 g/mol. The molecule has 3 N–H and O–H groups in total. The number of hydrogen-bond donors (Lipinski definition) is 2. The highest BCUT2D eigenvalue weighted by molar-refractivity contribution is 5.68. The third-order valence-corrected chi connectivity index (χ3v) is 4.19. The normalized spacial score (nSPS) is 25.0. The van der Waals surface area contributed by atoms with Crippen molar-refractivity contribution in [3.8, 4) is 0 Å². The molecule has 0 spiro atoms. The van der Waals surface area contributed by atoms with E-state index in [-0.39, 0.29) is 23.4 Å². The summed E-state index contributed by atoms with van der Waals surface area (Å²) in [6.07, 6.45) is -0.397. The second kappa shape index (κ2) is 5.34. The van der Waals surface area contributed by atoms with Crippen molar-refractivity contribution in [1.82, 2.24) is 5.32 Å². The molecule has 1 aliphatic rings. The van der Waals surface area contributed by atoms with Gasteiger partial charge in [-0.05, 0) is 31.7 Å². The molecule has 0 heterocycles. The monoisotopic (exact) mass is 290 g/mol. The summed E-state index contributed by atoms with van der Waals surface area (Å²) < 4.78 is 5.38. The fourth-order valence-electron chi connectivity index (χ4n) is 2.83. The molecule has 1 saturated carbocycles. The zero-order valence-corrected chi connectivity index (χ0v) is 13.5. The van der Waals surface area contributed by atoms with Crippen molar-refractivity contribution in [3.05, 3.63) is 35.9 Å². The summed E-state index contributed by atoms with van der Waals surface area (Å²) in [5.41, 5.74) is 6.77. The number of carbonyl (C=O) groups is 1. The van der Waals surface area contributed by atoms with Crippen LogP contribution >= 0.6 is 0 Å². The lowest BCUT2D eigenvalue weighted by atomic mass is 9.97. The summed E-state index contributed by atoms with van der Waals surface area (Å²) >= 11 is 0. The Balaban J connectivity index is 2.17. The van der Waals surface area contributed by atoms with E-state index in [4.69, 9.17) is 10.5 Å². The smallest absolute Gasteiger partial charge is 0.408 e. The molecule has 4 nitrogen and oxygen atoms in total. The second-order valence-corrected chi connectivity index (χ2v) is 7.41. The molecule has 1 unspecified atom stereocenters. The van der Waals surface area contributed by atoms with Crippen LogP contribution in [0.3, 0.4) is 0 Å². The molecule has 1 aromatic rings. The second-order valence-electron chi connectivity index (χ2n) is 7.41. The zero-order valence-electron chi connectivity index (χ0n) is 13.5. The Morgan fingerprint density at radius 3 is 2.24 bits per heavy atom. The first-order valence-electron chi connectivity index (χ1n) is 7.43. The van der Waals surface area contributed by atoms with Gasteiger partial charge >= 0.3 is 6.09 Å². The number of benzene rings is 1. The molecule has 4 heteroatoms. The van der Waals surface area contributed by atoms with Crippen LogP contribution in [0.4, 0.5) is 4.79 Å². The highest BCUT2D eigenvalue weighted by atomic mass is 16.6. The van der Waals surface area contributed by atoms with E-state index >= 15 is 0 Å². The van der Waals surface area contributed by atoms with Crippen LogP contribution in [-0.4, -0.2) is 17.7 Å². The molecular formula is C17H26N2O2. The number of rotatable bonds is 3. The lowest BCUT2D eigenvalue weighted by molar-refractivity contribution is 0.0493. The van der Waals surface area contributed by atoms with E-state index in [1.807, 2.05) is 51.1 Å². The molecule has 1 aromatic carbocycles. The fourth-order valence-corrected chi connectivity index (χ4v) is 2.83. The number of amides is 1. The zero-order chi connectivity index (χ0) is 15.8. The van der Waals surface area contributed by atoms with Crippen molar-refractivity contribution in [1.29, 1.82) is 0 Å². The number of hydrogen-bond acceptors (Lipinski definition) is 3. The van der Waals surface area contributed by atoms with Gasteiger partial charge in [0.2, 0.25) is 0 Å². The minimum atomic E-state index is -0.507. The van der Waals surface area contributed by atoms with Crippen LogP contribution < -0.4 is 11.1 Å². The van der Waals surface area contributed by atoms with Crippen LogP contribution in [0, 0.1) is 11.3 Å². The average Bonchev–Trinajstić information content (AvgIpc) is 2.84. The molecule has 0 aliphatic heterocycles. The molecule has 1 amide bonds. The quantitative estimate of drug-likeness (QED) is 0.898. The van der Waals surface area contributed by atoms with Gasteiger partial charge in [-0.2, -0.15) is 0 Å². The number of nitrogens with one attached hydrogen (secondary N) is 1. The number of alkyl carbamates (subject to hydrolysis) is 1. The molecule has 0 aromatic heterocycles. The predicted octanol–water partition coefficient (Wildman–Crippen LogP) is 3.24. The van der Waals surface area contributed by atoms with Crippen LogP contribution in [-0.2, 0) is 4.74 Å². The Morgan fingerprint density at radius 2 is 1.81 bits per heavy atom. The minimum Gasteiger partial charge on any atom is -0.444 e. The Hall–Kier alpha value is -1.55. The maximum absolute atomic E-state index is 12.1. The number of carbonyl (C=O) groups excluding carboxylic acids is 1. The molecule has 21 heavy (non-hydrogen) atoms. The Bertz CT molecular complexity index is 505. The van der Waals surface area contributed by atoms with Crippen LogP contribution in [0.2, 0.25) is 0 Å². The molecule has 0 bridgehead atoms. The number of ether oxygens (including phenoxy) is 1. The average molecular weight is 290 g/mol. The lowest BCUT2D eigenvalue weighted by Gasteiger charge is -2.25. The van der Waals surface area contributed by atoms with E-state index in [2.05, 4.69) is 19.2 Å². The summed E-state index contributed by atoms with van der Waals surface area (Å²) in [7, 11) is 0. The van der Waals surface area contributed by atoms with Crippen LogP contribution in [0.25, 0.3) is 0 Å². The first-order valence-corrected chi connectivity index (χ1v) is 7.43. The van der Waals surface area contributed by atoms with E-state index in [0.29, 0.717) is 0 Å². The molecule has 1 fully saturated rings. The van der Waals surface area contributed by atoms with Gasteiger partial charge < -0.3 is 15.8 Å². The van der Waals surface area contributed by atoms with Gasteiger partial charge in [-0.3, -0.25) is 0 Å². The van der Waals surface area contributed by atoms with Gasteiger partial charge in [0.05, 0.1) is 6.04 Å². The van der Waals surface area contributed by atoms with E-state index < -0.39 is 11.7 Å². The van der Waals surface area contributed by atoms with Gasteiger partial charge in [-0.25, -0.2) is 4.79 Å². The highest BCUT2D eigenvalue weighted by Gasteiger charge is 2.59. The van der Waals surface area contributed by atoms with Crippen molar-refractivity contribution in [2.75, 3.05) is 0 Å². The predicted molar refractivity (Wildman–Crippen MR) is 83.8 cm³/mol. The largest absolute Gasteiger partial charge is 0.444 e. The van der Waals surface area contributed by atoms with Crippen LogP contribution in [0.5, 0.6) is 0 Å². The Labute approximate surface area is 127 Å². The molecule has 116 valence electrons. The van der Waals surface area contributed by atoms with E-state index in [0.717, 1.165) is 5.56 Å². The lowest BCUT2D eigenvalue weighted by Crippen LogP contribution is -2.36. The van der Waals surface area contributed by atoms with E-state index in [9.17, 15) is 4.79 Å². The van der Waals surface area contributed by atoms with Crippen molar-refractivity contribution < 1.29 is 9.53 Å². The van der Waals surface area contributed by atoms with Gasteiger partial charge in [0.15, 0.2) is 0 Å². The highest BCUT2D eigenvalue weighted by Crippen LogP contribution is 2.56. The SMILES string of the molecule is CC(C)(C)OC(=O)NC(c1ccccc1)[C@H]1[C@H](N)C1(C)C. The topological polar surface area (TPSA) is 64.3 Å². The van der Waals surface area contributed by atoms with E-state index in [1.165, 1.54) is 0 Å². The maximum Gasteiger partial charge on any atom is 0.408 e. The molecule has 1 aliphatic carbocycles. The van der Waals surface area contributed by atoms with Crippen molar-refractivity contribution in [3.63, 3.8) is 0 Å². The van der Waals surface area contributed by atoms with Crippen LogP contribution in [0.1, 0.15) is 46.2 Å². The summed E-state index contributed by atoms with van der Waals surface area (Å²) in [5, 5.41) is 3.00. The maximum atomic E-state index is 12.1. The molecule has 3 atom stereocenters. The van der Waals surface area contributed by atoms with Gasteiger partial charge in [0, 0.05) is 12.0 Å². The first kappa shape index (κ1) is 15.8. The first-order chi connectivity index (χ1) is 9.63. The summed E-state index contributed by atoms with van der Waals surface area (Å²) in [5.74, 6) is 0.215. The molecule has 2 rings (SSSR count). The van der Waals surface area contributed by atoms with Gasteiger partial charge in [0.25, 0.3) is 0 Å². The summed E-state index contributed by atoms with van der Waals surface area (Å²) in [6.45, 7) is 9.84. The van der Waals surface area contributed by atoms with Crippen molar-refractivity contribution in [2.45, 2.75) is 52.3 Å². The third-order valence-electron chi connectivity index (χ3n) is 4.19. The van der Waals surface area contributed by atoms with Gasteiger partial charge in [-0.1, -0.05) is 44.2 Å². The van der Waals surface area contributed by atoms with E-state index in [1.54, 1.807) is 0 Å². The van der Waals surface area contributed by atoms with Gasteiger partial charge in [-0.15, -0.1) is 0 Å². The van der Waals surface area contributed by atoms with Gasteiger partial charge in [0.1, 0.15) is 5.60 Å². The Morgan fingerprint density at radius 1 is 1.29 bits per heavy atom. The fraction of sp³-hybridized carbons (Fsp3) is 0.588. The third kappa shape index (κ3) is 3.56. The number of nitrogens with two attached hydrogens (primary N) is 1. The molecule has 0 saturated heterocycles. The summed E-state index contributed by atoms with van der Waals surface area (Å²) in [6, 6.07) is 9.90. The van der Waals surface area contributed by atoms with Crippen molar-refractivity contribution in [2.24, 2.45) is 17.1 Å². The molecule has 0 radical (unpaired) electrons. The van der Waals surface area contributed by atoms with Crippen molar-refractivity contribution >= 4 is 6.09 Å². The standard InChI is InChI=1S/C17H26N2O2/c1-16(2,3)21-15(20)19-13(11-9-7-6-8-10-11)12-14(18)17(12,4)5/h6-10,12-14H,18H2,1-5H3,(H,19,20)/t12-,13?,14-/m0/s1. The van der Waals surface area contributed by atoms with Crippen LogP contribution in [0.15, 0.2) is 30.3 Å². The minimum absolute atomic E-state index is 0.0233. The summed E-state index contributed by atoms with van der Waals surface area (Å²) in [4.78, 5) is 12.1. The Kier molecular flexibility index (Phi) is 4.02.